The van der Waals surface area contributed by atoms with Crippen molar-refractivity contribution in [3.8, 4) is 5.75 Å². The van der Waals surface area contributed by atoms with Gasteiger partial charge in [-0.3, -0.25) is 4.79 Å². The van der Waals surface area contributed by atoms with Crippen LogP contribution in [0.15, 0.2) is 24.3 Å². The highest BCUT2D eigenvalue weighted by atomic mass is 19.3. The molecule has 2 N–H and O–H groups in total. The van der Waals surface area contributed by atoms with Crippen LogP contribution in [-0.2, 0) is 10.7 Å². The van der Waals surface area contributed by atoms with Crippen molar-refractivity contribution in [1.29, 1.82) is 0 Å². The van der Waals surface area contributed by atoms with Crippen LogP contribution in [0.25, 0.3) is 0 Å². The topological polar surface area (TPSA) is 57.5 Å². The first kappa shape index (κ1) is 11.8. The van der Waals surface area contributed by atoms with E-state index < -0.39 is 17.3 Å². The van der Waals surface area contributed by atoms with Crippen molar-refractivity contribution in [1.82, 2.24) is 0 Å². The van der Waals surface area contributed by atoms with E-state index in [-0.39, 0.29) is 24.2 Å². The van der Waals surface area contributed by atoms with E-state index in [1.165, 1.54) is 0 Å². The molecule has 92 valence electrons. The van der Waals surface area contributed by atoms with Gasteiger partial charge in [0.05, 0.1) is 0 Å². The number of hydrogen-bond acceptors (Lipinski definition) is 2. The van der Waals surface area contributed by atoms with Crippen molar-refractivity contribution in [3.05, 3.63) is 29.8 Å². The third kappa shape index (κ3) is 1.57. The van der Waals surface area contributed by atoms with E-state index in [0.29, 0.717) is 6.42 Å². The number of aliphatic carboxylic acids is 1. The molecule has 1 aliphatic rings. The first-order valence-electron chi connectivity index (χ1n) is 5.31. The Morgan fingerprint density at radius 1 is 1.24 bits per heavy atom. The standard InChI is InChI=1S/C12H12F2O3/c13-12(14,8-2-4-9(15)5-3-8)11(10(16)17)6-1-7-11/h2-5,15H,1,6-7H2,(H,16,17). The van der Waals surface area contributed by atoms with Gasteiger partial charge in [-0.1, -0.05) is 6.42 Å². The number of phenols is 1. The van der Waals surface area contributed by atoms with Crippen molar-refractivity contribution in [2.75, 3.05) is 0 Å². The van der Waals surface area contributed by atoms with Gasteiger partial charge in [0.15, 0.2) is 0 Å². The third-order valence-electron chi connectivity index (χ3n) is 3.45. The lowest BCUT2D eigenvalue weighted by molar-refractivity contribution is -0.201. The van der Waals surface area contributed by atoms with Gasteiger partial charge in [-0.15, -0.1) is 0 Å². The van der Waals surface area contributed by atoms with Crippen molar-refractivity contribution < 1.29 is 23.8 Å². The Labute approximate surface area is 96.7 Å². The molecule has 5 heteroatoms. The summed E-state index contributed by atoms with van der Waals surface area (Å²) in [5.41, 5.74) is -2.35. The van der Waals surface area contributed by atoms with E-state index in [2.05, 4.69) is 0 Å². The van der Waals surface area contributed by atoms with Gasteiger partial charge in [-0.2, -0.15) is 0 Å². The van der Waals surface area contributed by atoms with Crippen LogP contribution in [0.3, 0.4) is 0 Å². The molecule has 0 spiro atoms. The molecule has 17 heavy (non-hydrogen) atoms. The van der Waals surface area contributed by atoms with Gasteiger partial charge in [0, 0.05) is 5.56 Å². The maximum Gasteiger partial charge on any atom is 0.316 e. The summed E-state index contributed by atoms with van der Waals surface area (Å²) in [6.45, 7) is 0. The fourth-order valence-corrected chi connectivity index (χ4v) is 2.14. The van der Waals surface area contributed by atoms with Gasteiger partial charge in [0.25, 0.3) is 5.92 Å². The maximum absolute atomic E-state index is 14.2. The number of hydrogen-bond donors (Lipinski definition) is 2. The number of halogens is 2. The summed E-state index contributed by atoms with van der Waals surface area (Å²) in [5.74, 6) is -4.99. The highest BCUT2D eigenvalue weighted by Gasteiger charge is 2.63. The number of carboxylic acids is 1. The van der Waals surface area contributed by atoms with Crippen molar-refractivity contribution in [3.63, 3.8) is 0 Å². The Kier molecular flexibility index (Phi) is 2.56. The first-order chi connectivity index (χ1) is 7.90. The van der Waals surface area contributed by atoms with Gasteiger partial charge in [0.1, 0.15) is 11.2 Å². The van der Waals surface area contributed by atoms with Crippen molar-refractivity contribution in [2.24, 2.45) is 5.41 Å². The monoisotopic (exact) mass is 242 g/mol. The van der Waals surface area contributed by atoms with Gasteiger partial charge < -0.3 is 10.2 Å². The summed E-state index contributed by atoms with van der Waals surface area (Å²) >= 11 is 0. The Balaban J connectivity index is 2.41. The van der Waals surface area contributed by atoms with E-state index in [1.54, 1.807) is 0 Å². The number of alkyl halides is 2. The molecule has 1 fully saturated rings. The molecule has 0 heterocycles. The Morgan fingerprint density at radius 2 is 1.76 bits per heavy atom. The Morgan fingerprint density at radius 3 is 2.12 bits per heavy atom. The smallest absolute Gasteiger partial charge is 0.316 e. The molecule has 2 rings (SSSR count). The molecule has 1 aliphatic carbocycles. The van der Waals surface area contributed by atoms with Crippen LogP contribution in [0.5, 0.6) is 5.75 Å². The summed E-state index contributed by atoms with van der Waals surface area (Å²) in [6.07, 6.45) is 0.465. The van der Waals surface area contributed by atoms with E-state index in [9.17, 15) is 13.6 Å². The van der Waals surface area contributed by atoms with Gasteiger partial charge in [0.2, 0.25) is 0 Å². The molecule has 3 nitrogen and oxygen atoms in total. The largest absolute Gasteiger partial charge is 0.508 e. The summed E-state index contributed by atoms with van der Waals surface area (Å²) < 4.78 is 28.4. The average Bonchev–Trinajstić information content (AvgIpc) is 2.14. The molecule has 0 atom stereocenters. The summed E-state index contributed by atoms with van der Waals surface area (Å²) in [4.78, 5) is 11.1. The van der Waals surface area contributed by atoms with Crippen molar-refractivity contribution in [2.45, 2.75) is 25.2 Å². The maximum atomic E-state index is 14.2. The van der Waals surface area contributed by atoms with E-state index >= 15 is 0 Å². The van der Waals surface area contributed by atoms with Crippen LogP contribution in [-0.4, -0.2) is 16.2 Å². The number of phenolic OH excluding ortho intramolecular Hbond substituents is 1. The normalized spacial score (nSPS) is 18.5. The lowest BCUT2D eigenvalue weighted by atomic mass is 9.63. The second kappa shape index (κ2) is 3.68. The minimum atomic E-state index is -3.41. The number of benzene rings is 1. The van der Waals surface area contributed by atoms with E-state index in [1.807, 2.05) is 0 Å². The molecule has 0 unspecified atom stereocenters. The minimum absolute atomic E-state index is 0.0176. The zero-order valence-corrected chi connectivity index (χ0v) is 8.99. The van der Waals surface area contributed by atoms with E-state index in [4.69, 9.17) is 10.2 Å². The predicted octanol–water partition coefficient (Wildman–Crippen LogP) is 2.74. The molecule has 1 saturated carbocycles. The van der Waals surface area contributed by atoms with Crippen LogP contribution in [0.2, 0.25) is 0 Å². The predicted molar refractivity (Wildman–Crippen MR) is 55.9 cm³/mol. The highest BCUT2D eigenvalue weighted by Crippen LogP contribution is 2.57. The second-order valence-corrected chi connectivity index (χ2v) is 4.36. The summed E-state index contributed by atoms with van der Waals surface area (Å²) in [5, 5.41) is 18.1. The molecule has 0 saturated heterocycles. The average molecular weight is 242 g/mol. The lowest BCUT2D eigenvalue weighted by Crippen LogP contribution is -2.50. The second-order valence-electron chi connectivity index (χ2n) is 4.36. The minimum Gasteiger partial charge on any atom is -0.508 e. The van der Waals surface area contributed by atoms with Crippen LogP contribution in [0.4, 0.5) is 8.78 Å². The Bertz CT molecular complexity index is 436. The number of carbonyl (C=O) groups is 1. The number of rotatable bonds is 3. The SMILES string of the molecule is O=C(O)C1(C(F)(F)c2ccc(O)cc2)CCC1. The van der Waals surface area contributed by atoms with Crippen LogP contribution in [0.1, 0.15) is 24.8 Å². The van der Waals surface area contributed by atoms with Gasteiger partial charge in [-0.25, -0.2) is 8.78 Å². The van der Waals surface area contributed by atoms with Gasteiger partial charge >= 0.3 is 5.97 Å². The summed E-state index contributed by atoms with van der Waals surface area (Å²) in [6, 6.07) is 4.41. The number of aromatic hydroxyl groups is 1. The first-order valence-corrected chi connectivity index (χ1v) is 5.31. The quantitative estimate of drug-likeness (QED) is 0.856. The molecule has 1 aromatic carbocycles. The third-order valence-corrected chi connectivity index (χ3v) is 3.45. The van der Waals surface area contributed by atoms with E-state index in [0.717, 1.165) is 24.3 Å². The van der Waals surface area contributed by atoms with Crippen LogP contribution < -0.4 is 0 Å². The molecule has 0 radical (unpaired) electrons. The molecular formula is C12H12F2O3. The fourth-order valence-electron chi connectivity index (χ4n) is 2.14. The fraction of sp³-hybridized carbons (Fsp3) is 0.417. The molecule has 0 aromatic heterocycles. The van der Waals surface area contributed by atoms with Crippen molar-refractivity contribution >= 4 is 5.97 Å². The lowest BCUT2D eigenvalue weighted by Gasteiger charge is -2.43. The van der Waals surface area contributed by atoms with Crippen LogP contribution >= 0.6 is 0 Å². The van der Waals surface area contributed by atoms with Crippen LogP contribution in [0, 0.1) is 5.41 Å². The number of carboxylic acid groups (broad SMARTS) is 1. The molecule has 1 aromatic rings. The summed E-state index contributed by atoms with van der Waals surface area (Å²) in [7, 11) is 0. The molecular weight excluding hydrogens is 230 g/mol. The van der Waals surface area contributed by atoms with Gasteiger partial charge in [-0.05, 0) is 37.1 Å². The zero-order chi connectivity index (χ0) is 12.7. The zero-order valence-electron chi connectivity index (χ0n) is 8.99. The molecule has 0 aliphatic heterocycles. The highest BCUT2D eigenvalue weighted by molar-refractivity contribution is 5.77. The molecule has 0 amide bonds. The molecule has 0 bridgehead atoms. The Hall–Kier alpha value is -1.65.